The van der Waals surface area contributed by atoms with Gasteiger partial charge in [0.15, 0.2) is 17.1 Å². The number of carbonyl (C=O) groups is 3. The first kappa shape index (κ1) is 29.1. The molecule has 1 saturated heterocycles. The molecule has 6 rings (SSSR count). The first-order valence-electron chi connectivity index (χ1n) is 14.5. The van der Waals surface area contributed by atoms with E-state index in [0.29, 0.717) is 53.6 Å². The van der Waals surface area contributed by atoms with Crippen LogP contribution in [-0.4, -0.2) is 97.6 Å². The van der Waals surface area contributed by atoms with E-state index >= 15 is 0 Å². The number of fused-ring (bicyclic) bond motifs is 6. The minimum atomic E-state index is -0.293. The molecule has 2 atom stereocenters. The van der Waals surface area contributed by atoms with Gasteiger partial charge >= 0.3 is 0 Å². The van der Waals surface area contributed by atoms with Crippen LogP contribution in [0.15, 0.2) is 30.5 Å². The van der Waals surface area contributed by atoms with Gasteiger partial charge in [0.2, 0.25) is 5.91 Å². The molecule has 44 heavy (non-hydrogen) atoms. The number of pyridine rings is 1. The number of likely N-dealkylation sites (N-methyl/N-ethyl adjacent to an activating group) is 1. The zero-order chi connectivity index (χ0) is 31.1. The predicted molar refractivity (Wildman–Crippen MR) is 158 cm³/mol. The van der Waals surface area contributed by atoms with Crippen molar-refractivity contribution in [1.29, 1.82) is 0 Å². The van der Waals surface area contributed by atoms with Gasteiger partial charge in [0.25, 0.3) is 11.8 Å². The zero-order valence-corrected chi connectivity index (χ0v) is 25.4. The second-order valence-corrected chi connectivity index (χ2v) is 11.4. The maximum atomic E-state index is 14.0. The van der Waals surface area contributed by atoms with E-state index < -0.39 is 0 Å². The summed E-state index contributed by atoms with van der Waals surface area (Å²) in [6.07, 6.45) is 1.94. The van der Waals surface area contributed by atoms with Crippen LogP contribution in [0.4, 0.5) is 0 Å². The van der Waals surface area contributed by atoms with E-state index in [9.17, 15) is 14.4 Å². The second-order valence-electron chi connectivity index (χ2n) is 11.4. The number of methoxy groups -OCH3 is 1. The lowest BCUT2D eigenvalue weighted by atomic mass is 9.99. The fourth-order valence-electron chi connectivity index (χ4n) is 6.09. The normalized spacial score (nSPS) is 19.4. The van der Waals surface area contributed by atoms with Crippen LogP contribution >= 0.6 is 0 Å². The summed E-state index contributed by atoms with van der Waals surface area (Å²) in [5.41, 5.74) is 3.50. The van der Waals surface area contributed by atoms with Crippen LogP contribution in [0.2, 0.25) is 0 Å². The summed E-state index contributed by atoms with van der Waals surface area (Å²) in [7, 11) is 5.00. The van der Waals surface area contributed by atoms with Gasteiger partial charge in [-0.15, -0.1) is 5.10 Å². The molecule has 14 nitrogen and oxygen atoms in total. The molecular formula is C30H35N9O5. The van der Waals surface area contributed by atoms with Crippen molar-refractivity contribution in [3.05, 3.63) is 58.7 Å². The van der Waals surface area contributed by atoms with Gasteiger partial charge in [-0.2, -0.15) is 5.10 Å². The van der Waals surface area contributed by atoms with Crippen LogP contribution < -0.4 is 14.8 Å². The maximum Gasteiger partial charge on any atom is 0.257 e. The molecule has 0 unspecified atom stereocenters. The molecule has 0 aliphatic carbocycles. The van der Waals surface area contributed by atoms with Gasteiger partial charge in [0, 0.05) is 58.3 Å². The monoisotopic (exact) mass is 601 g/mol. The van der Waals surface area contributed by atoms with Gasteiger partial charge in [0.1, 0.15) is 12.3 Å². The number of carbonyl (C=O) groups excluding carboxylic acids is 3. The minimum Gasteiger partial charge on any atom is -0.493 e. The molecule has 5 heterocycles. The lowest BCUT2D eigenvalue weighted by Crippen LogP contribution is -2.37. The van der Waals surface area contributed by atoms with Crippen molar-refractivity contribution in [2.75, 3.05) is 40.3 Å². The number of hydrogen-bond acceptors (Lipinski definition) is 9. The average molecular weight is 602 g/mol. The number of amides is 3. The lowest BCUT2D eigenvalue weighted by Gasteiger charge is -2.21. The van der Waals surface area contributed by atoms with Gasteiger partial charge in [0.05, 0.1) is 41.6 Å². The smallest absolute Gasteiger partial charge is 0.257 e. The number of nitrogens with one attached hydrogen (secondary N) is 1. The van der Waals surface area contributed by atoms with Crippen LogP contribution in [0.5, 0.6) is 11.5 Å². The number of para-hydroxylation sites is 1. The van der Waals surface area contributed by atoms with Crippen molar-refractivity contribution in [3.8, 4) is 11.5 Å². The molecule has 230 valence electrons. The highest BCUT2D eigenvalue weighted by atomic mass is 16.5. The Balaban J connectivity index is 1.32. The summed E-state index contributed by atoms with van der Waals surface area (Å²) >= 11 is 0. The second kappa shape index (κ2) is 11.6. The van der Waals surface area contributed by atoms with E-state index in [-0.39, 0.29) is 49.3 Å². The Hall–Kier alpha value is -5.01. The van der Waals surface area contributed by atoms with Crippen molar-refractivity contribution in [2.45, 2.75) is 32.9 Å². The van der Waals surface area contributed by atoms with Crippen LogP contribution in [0, 0.1) is 19.8 Å². The largest absolute Gasteiger partial charge is 0.493 e. The van der Waals surface area contributed by atoms with Crippen LogP contribution in [-0.2, 0) is 18.4 Å². The van der Waals surface area contributed by atoms with Gasteiger partial charge < -0.3 is 24.6 Å². The lowest BCUT2D eigenvalue weighted by molar-refractivity contribution is -0.122. The number of ether oxygens (including phenoxy) is 2. The number of rotatable bonds is 2. The zero-order valence-electron chi connectivity index (χ0n) is 25.4. The molecule has 4 aromatic rings. The van der Waals surface area contributed by atoms with Crippen molar-refractivity contribution in [1.82, 2.24) is 44.9 Å². The van der Waals surface area contributed by atoms with Crippen molar-refractivity contribution < 1.29 is 23.9 Å². The highest BCUT2D eigenvalue weighted by Gasteiger charge is 2.39. The van der Waals surface area contributed by atoms with E-state index in [2.05, 4.69) is 25.7 Å². The SMILES string of the molecule is COc1cccc2c1OCc1cn(nn1)[C@@H]1CN(C(=O)c3cc(C)nc4c3c(C)nn4C)C[C@@H]1CC(=O)NCCN(C)C2=O. The van der Waals surface area contributed by atoms with Crippen molar-refractivity contribution in [2.24, 2.45) is 13.0 Å². The topological polar surface area (TPSA) is 150 Å². The summed E-state index contributed by atoms with van der Waals surface area (Å²) in [6, 6.07) is 6.63. The molecule has 2 aliphatic rings. The number of aryl methyl sites for hydroxylation is 3. The fraction of sp³-hybridized carbons (Fsp3) is 0.433. The van der Waals surface area contributed by atoms with E-state index in [1.807, 2.05) is 20.9 Å². The molecule has 3 amide bonds. The van der Waals surface area contributed by atoms with Gasteiger partial charge in [-0.25, -0.2) is 9.67 Å². The Kier molecular flexibility index (Phi) is 7.66. The molecule has 0 spiro atoms. The number of nitrogens with zero attached hydrogens (tertiary/aromatic N) is 8. The minimum absolute atomic E-state index is 0.0411. The quantitative estimate of drug-likeness (QED) is 0.362. The van der Waals surface area contributed by atoms with Crippen LogP contribution in [0.25, 0.3) is 11.0 Å². The summed E-state index contributed by atoms with van der Waals surface area (Å²) in [5, 5.41) is 16.8. The Morgan fingerprint density at radius 1 is 1.16 bits per heavy atom. The third kappa shape index (κ3) is 5.31. The van der Waals surface area contributed by atoms with E-state index in [4.69, 9.17) is 9.47 Å². The molecular weight excluding hydrogens is 566 g/mol. The highest BCUT2D eigenvalue weighted by Crippen LogP contribution is 2.35. The highest BCUT2D eigenvalue weighted by molar-refractivity contribution is 6.06. The van der Waals surface area contributed by atoms with E-state index in [1.54, 1.807) is 51.8 Å². The van der Waals surface area contributed by atoms with E-state index in [0.717, 1.165) is 16.8 Å². The summed E-state index contributed by atoms with van der Waals surface area (Å²) < 4.78 is 15.0. The number of benzene rings is 1. The Morgan fingerprint density at radius 3 is 2.77 bits per heavy atom. The number of hydrogen-bond donors (Lipinski definition) is 1. The van der Waals surface area contributed by atoms with E-state index in [1.165, 1.54) is 12.0 Å². The Labute approximate surface area is 253 Å². The Morgan fingerprint density at radius 2 is 1.98 bits per heavy atom. The maximum absolute atomic E-state index is 14.0. The average Bonchev–Trinajstić information content (AvgIpc) is 3.71. The summed E-state index contributed by atoms with van der Waals surface area (Å²) in [5.74, 6) is -0.0895. The molecule has 1 aromatic carbocycles. The molecule has 0 radical (unpaired) electrons. The number of likely N-dealkylation sites (tertiary alicyclic amines) is 1. The Bertz CT molecular complexity index is 1760. The molecule has 1 N–H and O–H groups in total. The number of aromatic nitrogens is 6. The first-order valence-corrected chi connectivity index (χ1v) is 14.5. The summed E-state index contributed by atoms with van der Waals surface area (Å²) in [4.78, 5) is 48.4. The third-order valence-electron chi connectivity index (χ3n) is 8.28. The molecule has 2 aliphatic heterocycles. The fourth-order valence-corrected chi connectivity index (χ4v) is 6.09. The predicted octanol–water partition coefficient (Wildman–Crippen LogP) is 1.67. The van der Waals surface area contributed by atoms with Crippen LogP contribution in [0.1, 0.15) is 50.3 Å². The molecule has 2 bridgehead atoms. The van der Waals surface area contributed by atoms with Gasteiger partial charge in [-0.05, 0) is 32.0 Å². The first-order chi connectivity index (χ1) is 21.1. The molecule has 0 saturated carbocycles. The molecule has 14 heteroatoms. The van der Waals surface area contributed by atoms with Gasteiger partial charge in [-0.3, -0.25) is 19.1 Å². The van der Waals surface area contributed by atoms with Crippen LogP contribution in [0.3, 0.4) is 0 Å². The van der Waals surface area contributed by atoms with Crippen molar-refractivity contribution >= 4 is 28.8 Å². The van der Waals surface area contributed by atoms with Crippen molar-refractivity contribution in [3.63, 3.8) is 0 Å². The molecule has 1 fully saturated rings. The third-order valence-corrected chi connectivity index (χ3v) is 8.28. The molecule has 3 aromatic heterocycles. The van der Waals surface area contributed by atoms with Gasteiger partial charge in [-0.1, -0.05) is 11.3 Å². The summed E-state index contributed by atoms with van der Waals surface area (Å²) in [6.45, 7) is 5.02. The standard InChI is InChI=1S/C30H35N9O5/c1-17-11-22(26-18(2)34-37(4)28(26)32-17)30(42)38-13-19-12-25(40)31-9-10-36(3)29(41)21-7-6-8-24(43-5)27(21)44-16-20-14-39(35-33-20)23(19)15-38/h6-8,11,14,19,23H,9-10,12-13,15-16H2,1-5H3,(H,31,40)/t19-,23+/m0/s1.